The van der Waals surface area contributed by atoms with Gasteiger partial charge in [0.1, 0.15) is 5.75 Å². The minimum absolute atomic E-state index is 0.234. The first-order valence-corrected chi connectivity index (χ1v) is 7.58. The largest absolute Gasteiger partial charge is 0.573 e. The maximum Gasteiger partial charge on any atom is 0.573 e. The van der Waals surface area contributed by atoms with Crippen LogP contribution in [0.1, 0.15) is 18.5 Å². The van der Waals surface area contributed by atoms with Crippen molar-refractivity contribution < 1.29 is 17.9 Å². The van der Waals surface area contributed by atoms with Crippen LogP contribution in [0.15, 0.2) is 40.2 Å². The third-order valence-corrected chi connectivity index (χ3v) is 4.19. The summed E-state index contributed by atoms with van der Waals surface area (Å²) in [6.07, 6.45) is -3.33. The van der Waals surface area contributed by atoms with Crippen LogP contribution in [0.3, 0.4) is 0 Å². The van der Waals surface area contributed by atoms with Crippen LogP contribution < -0.4 is 16.0 Å². The van der Waals surface area contributed by atoms with E-state index in [1.807, 2.05) is 0 Å². The maximum absolute atomic E-state index is 12.5. The third kappa shape index (κ3) is 2.98. The molecule has 10 heteroatoms. The van der Waals surface area contributed by atoms with Crippen LogP contribution in [0, 0.1) is 0 Å². The molecule has 3 aromatic rings. The topological polar surface area (TPSA) is 71.1 Å². The van der Waals surface area contributed by atoms with Crippen LogP contribution in [0.25, 0.3) is 11.2 Å². The zero-order valence-electron chi connectivity index (χ0n) is 14.1. The zero-order chi connectivity index (χ0) is 19.2. The molecular formula is C16H15F3N4O3. The Morgan fingerprint density at radius 3 is 2.27 bits per heavy atom. The van der Waals surface area contributed by atoms with Gasteiger partial charge in [0, 0.05) is 14.1 Å². The zero-order valence-corrected chi connectivity index (χ0v) is 14.1. The van der Waals surface area contributed by atoms with Crippen LogP contribution in [0.2, 0.25) is 0 Å². The fourth-order valence-electron chi connectivity index (χ4n) is 2.77. The van der Waals surface area contributed by atoms with Crippen molar-refractivity contribution in [3.63, 3.8) is 0 Å². The monoisotopic (exact) mass is 368 g/mol. The van der Waals surface area contributed by atoms with E-state index < -0.39 is 23.7 Å². The van der Waals surface area contributed by atoms with Crippen molar-refractivity contribution in [3.8, 4) is 5.75 Å². The van der Waals surface area contributed by atoms with E-state index in [0.29, 0.717) is 5.56 Å². The SMILES string of the molecule is C[C@H](c1ccc(OC(F)(F)F)cc1)n1cnc2c1c(=O)n(C)c(=O)n2C. The molecule has 0 unspecified atom stereocenters. The van der Waals surface area contributed by atoms with Gasteiger partial charge >= 0.3 is 12.1 Å². The summed E-state index contributed by atoms with van der Waals surface area (Å²) in [5.74, 6) is -0.331. The molecule has 2 aromatic heterocycles. The first-order valence-electron chi connectivity index (χ1n) is 7.58. The second kappa shape index (κ2) is 6.04. The van der Waals surface area contributed by atoms with Gasteiger partial charge in [0.05, 0.1) is 12.4 Å². The molecule has 0 aliphatic carbocycles. The fourth-order valence-corrected chi connectivity index (χ4v) is 2.77. The Labute approximate surface area is 144 Å². The summed E-state index contributed by atoms with van der Waals surface area (Å²) in [7, 11) is 2.88. The van der Waals surface area contributed by atoms with Crippen molar-refractivity contribution in [2.45, 2.75) is 19.3 Å². The molecule has 2 heterocycles. The third-order valence-electron chi connectivity index (χ3n) is 4.19. The molecule has 3 rings (SSSR count). The smallest absolute Gasteiger partial charge is 0.406 e. The summed E-state index contributed by atoms with van der Waals surface area (Å²) < 4.78 is 44.4. The Hall–Kier alpha value is -3.04. The number of aryl methyl sites for hydroxylation is 1. The maximum atomic E-state index is 12.5. The van der Waals surface area contributed by atoms with Gasteiger partial charge in [0.15, 0.2) is 11.2 Å². The number of ether oxygens (including phenoxy) is 1. The molecule has 0 amide bonds. The molecule has 0 bridgehead atoms. The molecule has 0 spiro atoms. The number of benzene rings is 1. The van der Waals surface area contributed by atoms with Gasteiger partial charge in [0.2, 0.25) is 0 Å². The number of rotatable bonds is 3. The number of imidazole rings is 1. The summed E-state index contributed by atoms with van der Waals surface area (Å²) in [5, 5.41) is 0. The highest BCUT2D eigenvalue weighted by Gasteiger charge is 2.31. The number of fused-ring (bicyclic) bond motifs is 1. The quantitative estimate of drug-likeness (QED) is 0.708. The molecule has 26 heavy (non-hydrogen) atoms. The molecule has 7 nitrogen and oxygen atoms in total. The summed E-state index contributed by atoms with van der Waals surface area (Å²) in [6, 6.07) is 4.96. The van der Waals surface area contributed by atoms with Crippen LogP contribution in [-0.4, -0.2) is 25.0 Å². The van der Waals surface area contributed by atoms with Gasteiger partial charge in [-0.05, 0) is 24.6 Å². The predicted octanol–water partition coefficient (Wildman–Crippen LogP) is 1.94. The number of alkyl halides is 3. The van der Waals surface area contributed by atoms with E-state index in [9.17, 15) is 22.8 Å². The Kier molecular flexibility index (Phi) is 4.13. The van der Waals surface area contributed by atoms with E-state index in [1.165, 1.54) is 49.3 Å². The molecule has 0 saturated carbocycles. The lowest BCUT2D eigenvalue weighted by atomic mass is 10.1. The number of aromatic nitrogens is 4. The van der Waals surface area contributed by atoms with Gasteiger partial charge in [-0.3, -0.25) is 13.9 Å². The Bertz CT molecular complexity index is 1080. The van der Waals surface area contributed by atoms with Crippen LogP contribution >= 0.6 is 0 Å². The van der Waals surface area contributed by atoms with Gasteiger partial charge in [-0.25, -0.2) is 9.78 Å². The molecule has 1 atom stereocenters. The molecule has 138 valence electrons. The van der Waals surface area contributed by atoms with Gasteiger partial charge in [0.25, 0.3) is 5.56 Å². The highest BCUT2D eigenvalue weighted by Crippen LogP contribution is 2.26. The van der Waals surface area contributed by atoms with E-state index in [-0.39, 0.29) is 16.9 Å². The molecule has 0 aliphatic heterocycles. The minimum Gasteiger partial charge on any atom is -0.406 e. The molecule has 0 N–H and O–H groups in total. The van der Waals surface area contributed by atoms with Crippen molar-refractivity contribution in [1.82, 2.24) is 18.7 Å². The summed E-state index contributed by atoms with van der Waals surface area (Å²) in [5.41, 5.74) is 0.132. The number of halogens is 3. The average molecular weight is 368 g/mol. The summed E-state index contributed by atoms with van der Waals surface area (Å²) in [6.45, 7) is 1.77. The first kappa shape index (κ1) is 17.8. The second-order valence-corrected chi connectivity index (χ2v) is 5.82. The predicted molar refractivity (Wildman–Crippen MR) is 87.2 cm³/mol. The molecule has 0 aliphatic rings. The van der Waals surface area contributed by atoms with Crippen LogP contribution in [0.5, 0.6) is 5.75 Å². The van der Waals surface area contributed by atoms with E-state index in [0.717, 1.165) is 4.57 Å². The summed E-state index contributed by atoms with van der Waals surface area (Å²) >= 11 is 0. The number of hydrogen-bond donors (Lipinski definition) is 0. The van der Waals surface area contributed by atoms with Crippen LogP contribution in [0.4, 0.5) is 13.2 Å². The van der Waals surface area contributed by atoms with E-state index in [1.54, 1.807) is 11.5 Å². The van der Waals surface area contributed by atoms with Gasteiger partial charge < -0.3 is 9.30 Å². The molecule has 0 saturated heterocycles. The highest BCUT2D eigenvalue weighted by molar-refractivity contribution is 5.70. The molecule has 0 radical (unpaired) electrons. The van der Waals surface area contributed by atoms with Crippen molar-refractivity contribution >= 4 is 11.2 Å². The first-order chi connectivity index (χ1) is 12.1. The lowest BCUT2D eigenvalue weighted by Gasteiger charge is -2.16. The van der Waals surface area contributed by atoms with Crippen molar-refractivity contribution in [2.24, 2.45) is 14.1 Å². The van der Waals surface area contributed by atoms with E-state index >= 15 is 0 Å². The minimum atomic E-state index is -4.76. The number of nitrogens with zero attached hydrogens (tertiary/aromatic N) is 4. The number of hydrogen-bond acceptors (Lipinski definition) is 4. The van der Waals surface area contributed by atoms with Crippen LogP contribution in [-0.2, 0) is 14.1 Å². The lowest BCUT2D eigenvalue weighted by molar-refractivity contribution is -0.274. The molecule has 0 fully saturated rings. The van der Waals surface area contributed by atoms with E-state index in [2.05, 4.69) is 9.72 Å². The Morgan fingerprint density at radius 1 is 1.08 bits per heavy atom. The molecular weight excluding hydrogens is 353 g/mol. The van der Waals surface area contributed by atoms with Gasteiger partial charge in [-0.2, -0.15) is 0 Å². The normalized spacial score (nSPS) is 13.2. The highest BCUT2D eigenvalue weighted by atomic mass is 19.4. The fraction of sp³-hybridized carbons (Fsp3) is 0.312. The lowest BCUT2D eigenvalue weighted by Crippen LogP contribution is -2.37. The standard InChI is InChI=1S/C16H15F3N4O3/c1-9(10-4-6-11(7-5-10)26-16(17,18)19)23-8-20-13-12(23)14(24)22(3)15(25)21(13)2/h4-9H,1-3H3/t9-/m1/s1. The second-order valence-electron chi connectivity index (χ2n) is 5.82. The van der Waals surface area contributed by atoms with Gasteiger partial charge in [-0.1, -0.05) is 12.1 Å². The Morgan fingerprint density at radius 2 is 1.69 bits per heavy atom. The molecule has 1 aromatic carbocycles. The summed E-state index contributed by atoms with van der Waals surface area (Å²) in [4.78, 5) is 28.6. The average Bonchev–Trinajstić information content (AvgIpc) is 3.02. The Balaban J connectivity index is 2.05. The van der Waals surface area contributed by atoms with Crippen molar-refractivity contribution in [3.05, 3.63) is 57.0 Å². The van der Waals surface area contributed by atoms with E-state index in [4.69, 9.17) is 0 Å². The van der Waals surface area contributed by atoms with Gasteiger partial charge in [-0.15, -0.1) is 13.2 Å². The van der Waals surface area contributed by atoms with Crippen molar-refractivity contribution in [1.29, 1.82) is 0 Å². The van der Waals surface area contributed by atoms with Crippen molar-refractivity contribution in [2.75, 3.05) is 0 Å².